The second-order valence-corrected chi connectivity index (χ2v) is 12.6. The van der Waals surface area contributed by atoms with E-state index in [1.165, 1.54) is 0 Å². The molecule has 0 radical (unpaired) electrons. The molecule has 3 heterocycles. The van der Waals surface area contributed by atoms with Crippen molar-refractivity contribution in [2.75, 3.05) is 0 Å². The number of fused-ring (bicyclic) bond motifs is 4. The molecule has 26 heavy (non-hydrogen) atoms. The van der Waals surface area contributed by atoms with Crippen LogP contribution in [0.3, 0.4) is 0 Å². The molecule has 0 N–H and O–H groups in total. The molecular weight excluding hydrogens is 431 g/mol. The summed E-state index contributed by atoms with van der Waals surface area (Å²) in [5.74, 6) is 0. The topological polar surface area (TPSA) is 52.0 Å². The maximum absolute atomic E-state index is 13.6. The summed E-state index contributed by atoms with van der Waals surface area (Å²) in [6.07, 6.45) is 0. The maximum atomic E-state index is 13.6. The fraction of sp³-hybridized carbons (Fsp3) is 0.105. The van der Waals surface area contributed by atoms with Crippen molar-refractivity contribution < 1.29 is 8.42 Å². The van der Waals surface area contributed by atoms with Crippen LogP contribution in [0.25, 0.3) is 11.0 Å². The van der Waals surface area contributed by atoms with Gasteiger partial charge in [-0.2, -0.15) is 0 Å². The third-order valence-electron chi connectivity index (χ3n) is 4.51. The average molecular weight is 445 g/mol. The fourth-order valence-corrected chi connectivity index (χ4v) is 10.3. The molecule has 4 nitrogen and oxygen atoms in total. The third kappa shape index (κ3) is 2.47. The number of nitrogens with zero attached hydrogens (tertiary/aromatic N) is 2. The van der Waals surface area contributed by atoms with E-state index in [1.54, 1.807) is 11.3 Å². The van der Waals surface area contributed by atoms with Crippen LogP contribution in [0, 0.1) is 0 Å². The number of sulfone groups is 1. The number of hydrogen-bond donors (Lipinski definition) is 0. The molecule has 0 aliphatic carbocycles. The molecule has 5 rings (SSSR count). The van der Waals surface area contributed by atoms with Gasteiger partial charge in [0.2, 0.25) is 0 Å². The van der Waals surface area contributed by atoms with Gasteiger partial charge in [0, 0.05) is 0 Å². The zero-order valence-electron chi connectivity index (χ0n) is 13.6. The Morgan fingerprint density at radius 2 is 1.85 bits per heavy atom. The molecule has 4 aromatic rings. The molecule has 1 aliphatic rings. The first-order valence-electron chi connectivity index (χ1n) is 8.12. The summed E-state index contributed by atoms with van der Waals surface area (Å²) in [5.41, 5.74) is 3.56. The monoisotopic (exact) mass is 446 g/mol. The number of thiophene rings is 1. The summed E-state index contributed by atoms with van der Waals surface area (Å²) in [7, 11) is -3.58. The van der Waals surface area contributed by atoms with Crippen LogP contribution in [0.2, 0.25) is 0 Å². The van der Waals surface area contributed by atoms with Gasteiger partial charge in [0.15, 0.2) is 0 Å². The van der Waals surface area contributed by atoms with Crippen molar-refractivity contribution in [3.8, 4) is 0 Å². The van der Waals surface area contributed by atoms with E-state index in [1.807, 2.05) is 70.6 Å². The minimum absolute atomic E-state index is 0.193. The predicted molar refractivity (Wildman–Crippen MR) is 105 cm³/mol. The van der Waals surface area contributed by atoms with Crippen LogP contribution < -0.4 is 3.78 Å². The van der Waals surface area contributed by atoms with Crippen LogP contribution in [0.4, 0.5) is 0 Å². The zero-order chi connectivity index (χ0) is 17.7. The van der Waals surface area contributed by atoms with E-state index in [-0.39, 0.29) is 20.1 Å². The van der Waals surface area contributed by atoms with Crippen molar-refractivity contribution in [1.29, 1.82) is 0 Å². The number of hydrogen-bond acceptors (Lipinski definition) is 4. The number of aromatic nitrogens is 2. The van der Waals surface area contributed by atoms with Crippen molar-refractivity contribution >= 4 is 50.9 Å². The Hall–Kier alpha value is -1.92. The summed E-state index contributed by atoms with van der Waals surface area (Å²) in [5, 5.41) is 2.19. The molecule has 1 aliphatic heterocycles. The number of benzene rings is 2. The van der Waals surface area contributed by atoms with E-state index < -0.39 is 14.0 Å². The number of imidazole rings is 1. The van der Waals surface area contributed by atoms with Crippen molar-refractivity contribution in [3.63, 3.8) is 0 Å². The second-order valence-electron chi connectivity index (χ2n) is 6.09. The normalized spacial score (nSPS) is 18.2. The molecule has 0 amide bonds. The van der Waals surface area contributed by atoms with E-state index in [0.29, 0.717) is 6.54 Å². The van der Waals surface area contributed by atoms with Gasteiger partial charge >= 0.3 is 162 Å². The van der Waals surface area contributed by atoms with Crippen LogP contribution in [0.5, 0.6) is 0 Å². The molecule has 0 bridgehead atoms. The molecule has 1 unspecified atom stereocenters. The Balaban J connectivity index is 1.79. The Bertz CT molecular complexity index is 1210. The molecular formula is C19H14N2O2S2Se. The quantitative estimate of drug-likeness (QED) is 0.446. The van der Waals surface area contributed by atoms with Gasteiger partial charge in [-0.1, -0.05) is 0 Å². The standard InChI is InChI=1S/C19H14N2O2S2Se/c22-25(23)18(26-17-10-5-11-24-17)14-7-2-1-6-13(14)12-21-16-9-4-3-8-15(16)20-19(21)25/h1-11,18H,12H2. The molecule has 130 valence electrons. The Labute approximate surface area is 161 Å². The zero-order valence-corrected chi connectivity index (χ0v) is 16.9. The first-order valence-corrected chi connectivity index (χ1v) is 12.4. The van der Waals surface area contributed by atoms with Crippen molar-refractivity contribution in [2.24, 2.45) is 0 Å². The Morgan fingerprint density at radius 1 is 1.04 bits per heavy atom. The Kier molecular flexibility index (Phi) is 3.79. The molecule has 0 saturated heterocycles. The van der Waals surface area contributed by atoms with E-state index in [9.17, 15) is 8.42 Å². The van der Waals surface area contributed by atoms with Crippen molar-refractivity contribution in [2.45, 2.75) is 15.8 Å². The second kappa shape index (κ2) is 6.06. The summed E-state index contributed by atoms with van der Waals surface area (Å²) >= 11 is 1.41. The Morgan fingerprint density at radius 3 is 2.69 bits per heavy atom. The van der Waals surface area contributed by atoms with Crippen LogP contribution in [-0.4, -0.2) is 32.9 Å². The van der Waals surface area contributed by atoms with Gasteiger partial charge in [-0.15, -0.1) is 0 Å². The van der Waals surface area contributed by atoms with E-state index in [0.717, 1.165) is 25.9 Å². The molecule has 2 aromatic carbocycles. The van der Waals surface area contributed by atoms with E-state index in [4.69, 9.17) is 0 Å². The average Bonchev–Trinajstić information content (AvgIpc) is 3.27. The summed E-state index contributed by atoms with van der Waals surface area (Å²) in [6.45, 7) is 0.530. The molecule has 0 saturated carbocycles. The van der Waals surface area contributed by atoms with Gasteiger partial charge in [-0.05, 0) is 0 Å². The first-order chi connectivity index (χ1) is 12.6. The van der Waals surface area contributed by atoms with E-state index >= 15 is 0 Å². The summed E-state index contributed by atoms with van der Waals surface area (Å²) in [4.78, 5) is 4.52. The van der Waals surface area contributed by atoms with Gasteiger partial charge in [-0.3, -0.25) is 0 Å². The minimum atomic E-state index is -3.58. The molecule has 2 aromatic heterocycles. The van der Waals surface area contributed by atoms with Crippen LogP contribution in [0.1, 0.15) is 15.3 Å². The van der Waals surface area contributed by atoms with E-state index in [2.05, 4.69) is 4.98 Å². The van der Waals surface area contributed by atoms with Gasteiger partial charge in [0.25, 0.3) is 0 Å². The van der Waals surface area contributed by atoms with Crippen LogP contribution >= 0.6 is 11.3 Å². The SMILES string of the molecule is O=S1(=O)c2nc3ccccc3n2Cc2ccccc2C1[Se]c1cccs1. The molecule has 7 heteroatoms. The fourth-order valence-electron chi connectivity index (χ4n) is 3.33. The number of rotatable bonds is 2. The molecule has 0 fully saturated rings. The molecule has 1 atom stereocenters. The summed E-state index contributed by atoms with van der Waals surface area (Å²) in [6, 6.07) is 19.5. The number of para-hydroxylation sites is 2. The van der Waals surface area contributed by atoms with Gasteiger partial charge in [0.05, 0.1) is 0 Å². The predicted octanol–water partition coefficient (Wildman–Crippen LogP) is 2.96. The van der Waals surface area contributed by atoms with Crippen LogP contribution in [0.15, 0.2) is 71.2 Å². The van der Waals surface area contributed by atoms with Gasteiger partial charge < -0.3 is 0 Å². The first kappa shape index (κ1) is 16.3. The van der Waals surface area contributed by atoms with Crippen molar-refractivity contribution in [3.05, 3.63) is 77.2 Å². The third-order valence-corrected chi connectivity index (χ3v) is 11.8. The van der Waals surface area contributed by atoms with Gasteiger partial charge in [0.1, 0.15) is 0 Å². The summed E-state index contributed by atoms with van der Waals surface area (Å²) < 4.78 is 29.7. The van der Waals surface area contributed by atoms with Crippen LogP contribution in [-0.2, 0) is 16.4 Å². The molecule has 0 spiro atoms. The van der Waals surface area contributed by atoms with Crippen molar-refractivity contribution in [1.82, 2.24) is 9.55 Å². The van der Waals surface area contributed by atoms with Gasteiger partial charge in [-0.25, -0.2) is 0 Å².